The van der Waals surface area contributed by atoms with Crippen LogP contribution in [0.25, 0.3) is 0 Å². The van der Waals surface area contributed by atoms with Gasteiger partial charge in [0.15, 0.2) is 11.5 Å². The smallest absolute Gasteiger partial charge is 0.251 e. The van der Waals surface area contributed by atoms with Crippen molar-refractivity contribution >= 4 is 21.8 Å². The second kappa shape index (κ2) is 11.5. The molecule has 1 N–H and O–H groups in total. The van der Waals surface area contributed by atoms with Gasteiger partial charge in [-0.1, -0.05) is 44.2 Å². The lowest BCUT2D eigenvalue weighted by Crippen LogP contribution is -2.51. The standard InChI is InChI=1S/C24H31BrN2O4/c1-17(2)21(27-9-11-30-12-10-27)15-26-24(28)19-13-20(25)23(22(14-19)29-3)31-16-18-7-5-4-6-8-18/h4-8,13-14,17,21H,9-12,15-16H2,1-3H3,(H,26,28). The number of nitrogens with one attached hydrogen (secondary N) is 1. The van der Waals surface area contributed by atoms with Gasteiger partial charge in [0.25, 0.3) is 5.91 Å². The maximum atomic E-state index is 12.9. The largest absolute Gasteiger partial charge is 0.493 e. The molecule has 0 aliphatic carbocycles. The second-order valence-corrected chi connectivity index (χ2v) is 8.79. The van der Waals surface area contributed by atoms with Crippen LogP contribution in [0.5, 0.6) is 11.5 Å². The van der Waals surface area contributed by atoms with Gasteiger partial charge in [0, 0.05) is 31.2 Å². The Balaban J connectivity index is 1.67. The fourth-order valence-corrected chi connectivity index (χ4v) is 4.27. The minimum absolute atomic E-state index is 0.132. The van der Waals surface area contributed by atoms with Crippen molar-refractivity contribution < 1.29 is 19.0 Å². The summed E-state index contributed by atoms with van der Waals surface area (Å²) in [6.45, 7) is 8.64. The maximum Gasteiger partial charge on any atom is 0.251 e. The highest BCUT2D eigenvalue weighted by molar-refractivity contribution is 9.10. The van der Waals surface area contributed by atoms with E-state index in [1.807, 2.05) is 30.3 Å². The summed E-state index contributed by atoms with van der Waals surface area (Å²) in [4.78, 5) is 15.3. The van der Waals surface area contributed by atoms with Gasteiger partial charge in [-0.05, 0) is 39.5 Å². The quantitative estimate of drug-likeness (QED) is 0.572. The predicted molar refractivity (Wildman–Crippen MR) is 125 cm³/mol. The SMILES string of the molecule is COc1cc(C(=O)NCC(C(C)C)N2CCOCC2)cc(Br)c1OCc1ccccc1. The number of nitrogens with zero attached hydrogens (tertiary/aromatic N) is 1. The lowest BCUT2D eigenvalue weighted by atomic mass is 10.0. The van der Waals surface area contributed by atoms with E-state index in [-0.39, 0.29) is 11.9 Å². The van der Waals surface area contributed by atoms with Crippen molar-refractivity contribution in [1.29, 1.82) is 0 Å². The number of carbonyl (C=O) groups excluding carboxylic acids is 1. The van der Waals surface area contributed by atoms with E-state index in [1.54, 1.807) is 19.2 Å². The summed E-state index contributed by atoms with van der Waals surface area (Å²) >= 11 is 3.54. The molecular weight excluding hydrogens is 460 g/mol. The molecule has 0 saturated carbocycles. The topological polar surface area (TPSA) is 60.0 Å². The molecular formula is C24H31BrN2O4. The van der Waals surface area contributed by atoms with Crippen LogP contribution in [0.4, 0.5) is 0 Å². The lowest BCUT2D eigenvalue weighted by molar-refractivity contribution is 0.00672. The van der Waals surface area contributed by atoms with Gasteiger partial charge < -0.3 is 19.5 Å². The molecule has 1 aliphatic heterocycles. The summed E-state index contributed by atoms with van der Waals surface area (Å²) in [5, 5.41) is 3.09. The molecule has 0 spiro atoms. The number of hydrogen-bond donors (Lipinski definition) is 1. The molecule has 1 aliphatic rings. The summed E-state index contributed by atoms with van der Waals surface area (Å²) in [6.07, 6.45) is 0. The van der Waals surface area contributed by atoms with Gasteiger partial charge in [-0.25, -0.2) is 0 Å². The third-order valence-corrected chi connectivity index (χ3v) is 6.06. The van der Waals surface area contributed by atoms with E-state index < -0.39 is 0 Å². The third kappa shape index (κ3) is 6.45. The molecule has 6 nitrogen and oxygen atoms in total. The molecule has 7 heteroatoms. The Bertz CT molecular complexity index is 854. The number of morpholine rings is 1. The molecule has 2 aromatic rings. The monoisotopic (exact) mass is 490 g/mol. The predicted octanol–water partition coefficient (Wildman–Crippen LogP) is 4.12. The van der Waals surface area contributed by atoms with Gasteiger partial charge in [-0.15, -0.1) is 0 Å². The molecule has 2 aromatic carbocycles. The van der Waals surface area contributed by atoms with Crippen LogP contribution >= 0.6 is 15.9 Å². The van der Waals surface area contributed by atoms with Crippen molar-refractivity contribution in [2.75, 3.05) is 40.0 Å². The molecule has 1 fully saturated rings. The Kier molecular flexibility index (Phi) is 8.75. The molecule has 3 rings (SSSR count). The van der Waals surface area contributed by atoms with Crippen LogP contribution in [0.3, 0.4) is 0 Å². The van der Waals surface area contributed by atoms with Gasteiger partial charge >= 0.3 is 0 Å². The fraction of sp³-hybridized carbons (Fsp3) is 0.458. The Morgan fingerprint density at radius 3 is 2.55 bits per heavy atom. The normalized spacial score (nSPS) is 15.5. The molecule has 0 bridgehead atoms. The summed E-state index contributed by atoms with van der Waals surface area (Å²) in [6, 6.07) is 13.7. The molecule has 31 heavy (non-hydrogen) atoms. The molecule has 1 atom stereocenters. The first-order chi connectivity index (χ1) is 15.0. The van der Waals surface area contributed by atoms with Crippen molar-refractivity contribution in [3.05, 3.63) is 58.1 Å². The zero-order chi connectivity index (χ0) is 22.2. The number of hydrogen-bond acceptors (Lipinski definition) is 5. The van der Waals surface area contributed by atoms with E-state index in [2.05, 4.69) is 40.0 Å². The molecule has 0 radical (unpaired) electrons. The number of amides is 1. The summed E-state index contributed by atoms with van der Waals surface area (Å²) in [5.74, 6) is 1.39. The van der Waals surface area contributed by atoms with E-state index in [9.17, 15) is 4.79 Å². The van der Waals surface area contributed by atoms with Crippen molar-refractivity contribution in [2.24, 2.45) is 5.92 Å². The second-order valence-electron chi connectivity index (χ2n) is 7.93. The van der Waals surface area contributed by atoms with E-state index in [0.717, 1.165) is 31.9 Å². The average Bonchev–Trinajstić information content (AvgIpc) is 2.79. The van der Waals surface area contributed by atoms with Gasteiger partial charge in [0.1, 0.15) is 6.61 Å². The molecule has 1 amide bonds. The number of halogens is 1. The number of ether oxygens (including phenoxy) is 3. The van der Waals surface area contributed by atoms with Gasteiger partial charge in [-0.2, -0.15) is 0 Å². The van der Waals surface area contributed by atoms with Crippen LogP contribution in [0.15, 0.2) is 46.9 Å². The molecule has 1 saturated heterocycles. The van der Waals surface area contributed by atoms with Crippen molar-refractivity contribution in [3.63, 3.8) is 0 Å². The lowest BCUT2D eigenvalue weighted by Gasteiger charge is -2.36. The Hall–Kier alpha value is -2.09. The molecule has 0 aromatic heterocycles. The Morgan fingerprint density at radius 1 is 1.19 bits per heavy atom. The third-order valence-electron chi connectivity index (χ3n) is 5.47. The first-order valence-electron chi connectivity index (χ1n) is 10.6. The maximum absolute atomic E-state index is 12.9. The van der Waals surface area contributed by atoms with Crippen molar-refractivity contribution in [2.45, 2.75) is 26.5 Å². The van der Waals surface area contributed by atoms with Crippen LogP contribution in [-0.2, 0) is 11.3 Å². The van der Waals surface area contributed by atoms with Crippen LogP contribution in [0.1, 0.15) is 29.8 Å². The highest BCUT2D eigenvalue weighted by Gasteiger charge is 2.25. The number of carbonyl (C=O) groups is 1. The Labute approximate surface area is 193 Å². The number of rotatable bonds is 9. The Morgan fingerprint density at radius 2 is 1.90 bits per heavy atom. The highest BCUT2D eigenvalue weighted by atomic mass is 79.9. The van der Waals surface area contributed by atoms with Crippen LogP contribution < -0.4 is 14.8 Å². The zero-order valence-corrected chi connectivity index (χ0v) is 20.0. The van der Waals surface area contributed by atoms with Gasteiger partial charge in [0.05, 0.1) is 24.8 Å². The average molecular weight is 491 g/mol. The van der Waals surface area contributed by atoms with Crippen LogP contribution in [0, 0.1) is 5.92 Å². The molecule has 1 heterocycles. The summed E-state index contributed by atoms with van der Waals surface area (Å²) < 4.78 is 17.6. The first kappa shape index (κ1) is 23.6. The van der Waals surface area contributed by atoms with E-state index in [0.29, 0.717) is 40.6 Å². The van der Waals surface area contributed by atoms with Crippen LogP contribution in [-0.4, -0.2) is 56.8 Å². The van der Waals surface area contributed by atoms with Crippen molar-refractivity contribution in [3.8, 4) is 11.5 Å². The van der Waals surface area contributed by atoms with Gasteiger partial charge in [0.2, 0.25) is 0 Å². The van der Waals surface area contributed by atoms with Crippen molar-refractivity contribution in [1.82, 2.24) is 10.2 Å². The fourth-order valence-electron chi connectivity index (χ4n) is 3.72. The minimum Gasteiger partial charge on any atom is -0.493 e. The van der Waals surface area contributed by atoms with Gasteiger partial charge in [-0.3, -0.25) is 9.69 Å². The molecule has 168 valence electrons. The molecule has 1 unspecified atom stereocenters. The van der Waals surface area contributed by atoms with E-state index in [1.165, 1.54) is 0 Å². The highest BCUT2D eigenvalue weighted by Crippen LogP contribution is 2.37. The first-order valence-corrected chi connectivity index (χ1v) is 11.4. The summed E-state index contributed by atoms with van der Waals surface area (Å²) in [5.41, 5.74) is 1.58. The minimum atomic E-state index is -0.132. The number of benzene rings is 2. The number of methoxy groups -OCH3 is 1. The van der Waals surface area contributed by atoms with E-state index in [4.69, 9.17) is 14.2 Å². The summed E-state index contributed by atoms with van der Waals surface area (Å²) in [7, 11) is 1.58. The van der Waals surface area contributed by atoms with E-state index >= 15 is 0 Å². The zero-order valence-electron chi connectivity index (χ0n) is 18.4. The van der Waals surface area contributed by atoms with Crippen LogP contribution in [0.2, 0.25) is 0 Å².